The summed E-state index contributed by atoms with van der Waals surface area (Å²) in [5, 5.41) is 12.5. The minimum Gasteiger partial charge on any atom is -0.508 e. The van der Waals surface area contributed by atoms with E-state index in [4.69, 9.17) is 0 Å². The van der Waals surface area contributed by atoms with E-state index in [1.807, 2.05) is 25.1 Å². The van der Waals surface area contributed by atoms with Crippen LogP contribution in [0.4, 0.5) is 5.69 Å². The number of aromatic nitrogens is 1. The molecule has 1 amide bonds. The first kappa shape index (κ1) is 14.1. The summed E-state index contributed by atoms with van der Waals surface area (Å²) < 4.78 is 0. The van der Waals surface area contributed by atoms with Gasteiger partial charge in [0.15, 0.2) is 0 Å². The number of hydrogen-bond acceptors (Lipinski definition) is 3. The lowest BCUT2D eigenvalue weighted by molar-refractivity contribution is -0.116. The molecule has 0 bridgehead atoms. The van der Waals surface area contributed by atoms with Gasteiger partial charge in [-0.05, 0) is 55.7 Å². The normalized spacial score (nSPS) is 10.3. The Balaban J connectivity index is 1.97. The molecular weight excluding hydrogens is 252 g/mol. The molecule has 1 aromatic carbocycles. The number of pyridine rings is 1. The topological polar surface area (TPSA) is 62.2 Å². The average molecular weight is 270 g/mol. The summed E-state index contributed by atoms with van der Waals surface area (Å²) in [6.45, 7) is 3.66. The molecule has 0 aliphatic carbocycles. The van der Waals surface area contributed by atoms with E-state index in [2.05, 4.69) is 10.3 Å². The number of aromatic hydroxyl groups is 1. The molecule has 0 aliphatic rings. The zero-order chi connectivity index (χ0) is 14.5. The van der Waals surface area contributed by atoms with Crippen molar-refractivity contribution in [3.63, 3.8) is 0 Å². The number of carbonyl (C=O) groups excluding carboxylic acids is 1. The fraction of sp³-hybridized carbons (Fsp3) is 0.250. The van der Waals surface area contributed by atoms with Crippen molar-refractivity contribution in [3.05, 3.63) is 53.3 Å². The lowest BCUT2D eigenvalue weighted by Gasteiger charge is -2.10. The van der Waals surface area contributed by atoms with Gasteiger partial charge in [0.05, 0.1) is 0 Å². The van der Waals surface area contributed by atoms with Crippen LogP contribution < -0.4 is 5.32 Å². The summed E-state index contributed by atoms with van der Waals surface area (Å²) in [5.41, 5.74) is 3.24. The molecule has 20 heavy (non-hydrogen) atoms. The number of nitrogens with one attached hydrogen (secondary N) is 1. The van der Waals surface area contributed by atoms with Crippen molar-refractivity contribution in [2.45, 2.75) is 26.7 Å². The molecule has 0 fully saturated rings. The molecule has 0 saturated heterocycles. The van der Waals surface area contributed by atoms with Gasteiger partial charge in [-0.1, -0.05) is 6.07 Å². The summed E-state index contributed by atoms with van der Waals surface area (Å²) in [4.78, 5) is 16.1. The third-order valence-electron chi connectivity index (χ3n) is 3.15. The average Bonchev–Trinajstić information content (AvgIpc) is 2.44. The number of carbonyl (C=O) groups is 1. The van der Waals surface area contributed by atoms with E-state index in [9.17, 15) is 9.90 Å². The van der Waals surface area contributed by atoms with E-state index in [1.54, 1.807) is 25.3 Å². The van der Waals surface area contributed by atoms with E-state index in [0.29, 0.717) is 12.8 Å². The van der Waals surface area contributed by atoms with Gasteiger partial charge in [-0.2, -0.15) is 0 Å². The SMILES string of the molecule is Cc1cc(NC(=O)CCc2ccccn2)c(C)cc1O. The molecule has 4 heteroatoms. The molecule has 0 unspecified atom stereocenters. The van der Waals surface area contributed by atoms with Crippen LogP contribution in [0.2, 0.25) is 0 Å². The number of aryl methyl sites for hydroxylation is 3. The molecule has 2 rings (SSSR count). The molecule has 2 aromatic rings. The van der Waals surface area contributed by atoms with Crippen LogP contribution in [-0.4, -0.2) is 16.0 Å². The van der Waals surface area contributed by atoms with Crippen molar-refractivity contribution in [3.8, 4) is 5.75 Å². The highest BCUT2D eigenvalue weighted by Crippen LogP contribution is 2.25. The molecular formula is C16H18N2O2. The van der Waals surface area contributed by atoms with E-state index in [0.717, 1.165) is 22.5 Å². The standard InChI is InChI=1S/C16H18N2O2/c1-11-10-15(19)12(2)9-14(11)18-16(20)7-6-13-5-3-4-8-17-13/h3-5,8-10,19H,6-7H2,1-2H3,(H,18,20). The lowest BCUT2D eigenvalue weighted by atomic mass is 10.1. The van der Waals surface area contributed by atoms with Crippen molar-refractivity contribution in [2.24, 2.45) is 0 Å². The summed E-state index contributed by atoms with van der Waals surface area (Å²) in [6.07, 6.45) is 2.72. The first-order valence-corrected chi connectivity index (χ1v) is 6.56. The highest BCUT2D eigenvalue weighted by atomic mass is 16.3. The van der Waals surface area contributed by atoms with Crippen LogP contribution in [0.15, 0.2) is 36.5 Å². The van der Waals surface area contributed by atoms with E-state index in [1.165, 1.54) is 0 Å². The second-order valence-corrected chi connectivity index (χ2v) is 4.82. The Morgan fingerprint density at radius 1 is 1.25 bits per heavy atom. The van der Waals surface area contributed by atoms with E-state index >= 15 is 0 Å². The zero-order valence-electron chi connectivity index (χ0n) is 11.7. The van der Waals surface area contributed by atoms with Crippen LogP contribution in [0.3, 0.4) is 0 Å². The Kier molecular flexibility index (Phi) is 4.35. The summed E-state index contributed by atoms with van der Waals surface area (Å²) in [6, 6.07) is 9.11. The van der Waals surface area contributed by atoms with Gasteiger partial charge in [-0.15, -0.1) is 0 Å². The van der Waals surface area contributed by atoms with Crippen LogP contribution in [0, 0.1) is 13.8 Å². The predicted octanol–water partition coefficient (Wildman–Crippen LogP) is 2.98. The minimum atomic E-state index is -0.0520. The minimum absolute atomic E-state index is 0.0520. The number of benzene rings is 1. The van der Waals surface area contributed by atoms with Crippen LogP contribution in [0.25, 0.3) is 0 Å². The molecule has 0 aliphatic heterocycles. The maximum Gasteiger partial charge on any atom is 0.224 e. The van der Waals surface area contributed by atoms with E-state index < -0.39 is 0 Å². The number of amides is 1. The molecule has 0 atom stereocenters. The van der Waals surface area contributed by atoms with E-state index in [-0.39, 0.29) is 11.7 Å². The van der Waals surface area contributed by atoms with Gasteiger partial charge in [0.1, 0.15) is 5.75 Å². The van der Waals surface area contributed by atoms with Crippen molar-refractivity contribution in [1.29, 1.82) is 0 Å². The van der Waals surface area contributed by atoms with Gasteiger partial charge in [0.2, 0.25) is 5.91 Å². The largest absolute Gasteiger partial charge is 0.508 e. The molecule has 0 spiro atoms. The zero-order valence-corrected chi connectivity index (χ0v) is 11.7. The third-order valence-corrected chi connectivity index (χ3v) is 3.15. The summed E-state index contributed by atoms with van der Waals surface area (Å²) >= 11 is 0. The van der Waals surface area contributed by atoms with Crippen LogP contribution >= 0.6 is 0 Å². The maximum atomic E-state index is 11.9. The molecule has 104 valence electrons. The van der Waals surface area contributed by atoms with Gasteiger partial charge in [-0.25, -0.2) is 0 Å². The number of rotatable bonds is 4. The number of phenols is 1. The quantitative estimate of drug-likeness (QED) is 0.840. The van der Waals surface area contributed by atoms with Crippen molar-refractivity contribution < 1.29 is 9.90 Å². The third kappa shape index (κ3) is 3.57. The number of phenolic OH excluding ortho intramolecular Hbond substituents is 1. The van der Waals surface area contributed by atoms with Gasteiger partial charge in [0.25, 0.3) is 0 Å². The van der Waals surface area contributed by atoms with Gasteiger partial charge < -0.3 is 10.4 Å². The Bertz CT molecular complexity index is 609. The van der Waals surface area contributed by atoms with Crippen molar-refractivity contribution in [1.82, 2.24) is 4.98 Å². The highest BCUT2D eigenvalue weighted by molar-refractivity contribution is 5.91. The monoisotopic (exact) mass is 270 g/mol. The second kappa shape index (κ2) is 6.19. The number of anilines is 1. The van der Waals surface area contributed by atoms with Crippen molar-refractivity contribution in [2.75, 3.05) is 5.32 Å². The van der Waals surface area contributed by atoms with Gasteiger partial charge in [0, 0.05) is 24.0 Å². The van der Waals surface area contributed by atoms with Crippen LogP contribution in [-0.2, 0) is 11.2 Å². The maximum absolute atomic E-state index is 11.9. The second-order valence-electron chi connectivity index (χ2n) is 4.82. The molecule has 0 saturated carbocycles. The number of nitrogens with zero attached hydrogens (tertiary/aromatic N) is 1. The van der Waals surface area contributed by atoms with Gasteiger partial charge >= 0.3 is 0 Å². The molecule has 0 radical (unpaired) electrons. The van der Waals surface area contributed by atoms with Gasteiger partial charge in [-0.3, -0.25) is 9.78 Å². The lowest BCUT2D eigenvalue weighted by Crippen LogP contribution is -2.13. The first-order chi connectivity index (χ1) is 9.56. The summed E-state index contributed by atoms with van der Waals surface area (Å²) in [7, 11) is 0. The Labute approximate surface area is 118 Å². The molecule has 4 nitrogen and oxygen atoms in total. The highest BCUT2D eigenvalue weighted by Gasteiger charge is 2.08. The van der Waals surface area contributed by atoms with Crippen molar-refractivity contribution >= 4 is 11.6 Å². The first-order valence-electron chi connectivity index (χ1n) is 6.56. The fourth-order valence-corrected chi connectivity index (χ4v) is 1.94. The Morgan fingerprint density at radius 3 is 2.75 bits per heavy atom. The predicted molar refractivity (Wildman–Crippen MR) is 78.8 cm³/mol. The summed E-state index contributed by atoms with van der Waals surface area (Å²) in [5.74, 6) is 0.192. The number of hydrogen-bond donors (Lipinski definition) is 2. The molecule has 1 aromatic heterocycles. The van der Waals surface area contributed by atoms with Crippen LogP contribution in [0.1, 0.15) is 23.2 Å². The van der Waals surface area contributed by atoms with Crippen LogP contribution in [0.5, 0.6) is 5.75 Å². The smallest absolute Gasteiger partial charge is 0.224 e. The Morgan fingerprint density at radius 2 is 2.05 bits per heavy atom. The fourth-order valence-electron chi connectivity index (χ4n) is 1.94. The molecule has 2 N–H and O–H groups in total. The Hall–Kier alpha value is -2.36. The molecule has 1 heterocycles.